The van der Waals surface area contributed by atoms with Crippen LogP contribution < -0.4 is 19.1 Å². The van der Waals surface area contributed by atoms with Gasteiger partial charge in [-0.25, -0.2) is 0 Å². The number of hydrogen-bond donors (Lipinski definition) is 0. The number of hydrogen-bond acceptors (Lipinski definition) is 6. The van der Waals surface area contributed by atoms with E-state index in [1.54, 1.807) is 14.2 Å². The normalized spacial score (nSPS) is 10.7. The Morgan fingerprint density at radius 2 is 1.08 bits per heavy atom. The number of ether oxygens (including phenoxy) is 5. The molecule has 4 aromatic rings. The third-order valence-corrected chi connectivity index (χ3v) is 6.18. The molecule has 0 saturated heterocycles. The van der Waals surface area contributed by atoms with Crippen LogP contribution in [0, 0.1) is 0 Å². The van der Waals surface area contributed by atoms with Gasteiger partial charge in [-0.3, -0.25) is 0 Å². The van der Waals surface area contributed by atoms with Crippen molar-refractivity contribution in [3.05, 3.63) is 120 Å². The second kappa shape index (κ2) is 15.4. The molecular weight excluding hydrogens is 490 g/mol. The highest BCUT2D eigenvalue weighted by atomic mass is 16.5. The van der Waals surface area contributed by atoms with E-state index in [0.717, 1.165) is 39.6 Å². The summed E-state index contributed by atoms with van der Waals surface area (Å²) < 4.78 is 28.3. The molecule has 0 atom stereocenters. The Hall–Kier alpha value is -4.00. The minimum atomic E-state index is 0.466. The Balaban J connectivity index is 1.32. The zero-order valence-corrected chi connectivity index (χ0v) is 22.8. The summed E-state index contributed by atoms with van der Waals surface area (Å²) in [4.78, 5) is 2.32. The van der Waals surface area contributed by atoms with Crippen LogP contribution in [0.3, 0.4) is 0 Å². The molecule has 0 aliphatic rings. The Labute approximate surface area is 231 Å². The second-order valence-corrected chi connectivity index (χ2v) is 9.06. The zero-order chi connectivity index (χ0) is 27.1. The standard InChI is InChI=1S/C33H37NO5/c1-35-31-14-6-11-28(21-31)24-34(25-29-12-7-15-32(22-29)36-2)30-13-8-16-33(23-30)39-20-19-37-17-18-38-26-27-9-4-3-5-10-27/h3-16,21-23H,17-20,24-26H2,1-2H3. The lowest BCUT2D eigenvalue weighted by Crippen LogP contribution is -2.22. The van der Waals surface area contributed by atoms with E-state index >= 15 is 0 Å². The molecule has 4 rings (SSSR count). The third-order valence-electron chi connectivity index (χ3n) is 6.18. The smallest absolute Gasteiger partial charge is 0.121 e. The highest BCUT2D eigenvalue weighted by Crippen LogP contribution is 2.26. The van der Waals surface area contributed by atoms with Crippen molar-refractivity contribution in [1.82, 2.24) is 0 Å². The van der Waals surface area contributed by atoms with E-state index in [0.29, 0.717) is 46.1 Å². The van der Waals surface area contributed by atoms with Gasteiger partial charge >= 0.3 is 0 Å². The maximum Gasteiger partial charge on any atom is 0.121 e. The van der Waals surface area contributed by atoms with Crippen molar-refractivity contribution in [3.8, 4) is 17.2 Å². The van der Waals surface area contributed by atoms with Gasteiger partial charge in [0.1, 0.15) is 23.9 Å². The summed E-state index contributed by atoms with van der Waals surface area (Å²) in [5.41, 5.74) is 4.54. The number of benzene rings is 4. The van der Waals surface area contributed by atoms with Crippen LogP contribution in [0.4, 0.5) is 5.69 Å². The molecule has 0 saturated carbocycles. The molecule has 0 fully saturated rings. The maximum atomic E-state index is 6.01. The fourth-order valence-electron chi connectivity index (χ4n) is 4.19. The SMILES string of the molecule is COc1cccc(CN(Cc2cccc(OC)c2)c2cccc(OCCOCCOCc3ccccc3)c2)c1. The van der Waals surface area contributed by atoms with Crippen molar-refractivity contribution < 1.29 is 23.7 Å². The van der Waals surface area contributed by atoms with Crippen molar-refractivity contribution in [2.24, 2.45) is 0 Å². The van der Waals surface area contributed by atoms with E-state index in [-0.39, 0.29) is 0 Å². The van der Waals surface area contributed by atoms with Crippen LogP contribution in [-0.2, 0) is 29.2 Å². The predicted octanol–water partition coefficient (Wildman–Crippen LogP) is 6.52. The van der Waals surface area contributed by atoms with Gasteiger partial charge < -0.3 is 28.6 Å². The van der Waals surface area contributed by atoms with E-state index < -0.39 is 0 Å². The Kier molecular flexibility index (Phi) is 11.1. The lowest BCUT2D eigenvalue weighted by atomic mass is 10.1. The molecule has 0 heterocycles. The van der Waals surface area contributed by atoms with E-state index in [1.807, 2.05) is 54.6 Å². The first-order valence-electron chi connectivity index (χ1n) is 13.2. The molecule has 0 N–H and O–H groups in total. The van der Waals surface area contributed by atoms with Crippen LogP contribution in [0.1, 0.15) is 16.7 Å². The van der Waals surface area contributed by atoms with Crippen LogP contribution in [0.25, 0.3) is 0 Å². The molecule has 0 aliphatic carbocycles. The monoisotopic (exact) mass is 527 g/mol. The van der Waals surface area contributed by atoms with Crippen molar-refractivity contribution in [1.29, 1.82) is 0 Å². The molecule has 0 radical (unpaired) electrons. The van der Waals surface area contributed by atoms with Crippen molar-refractivity contribution in [2.75, 3.05) is 45.5 Å². The summed E-state index contributed by atoms with van der Waals surface area (Å²) in [5.74, 6) is 2.49. The molecule has 39 heavy (non-hydrogen) atoms. The lowest BCUT2D eigenvalue weighted by Gasteiger charge is -2.26. The van der Waals surface area contributed by atoms with E-state index in [9.17, 15) is 0 Å². The van der Waals surface area contributed by atoms with Crippen LogP contribution in [0.15, 0.2) is 103 Å². The molecule has 6 nitrogen and oxygen atoms in total. The van der Waals surface area contributed by atoms with Gasteiger partial charge in [-0.2, -0.15) is 0 Å². The molecule has 0 aromatic heterocycles. The van der Waals surface area contributed by atoms with E-state index in [2.05, 4.69) is 53.4 Å². The van der Waals surface area contributed by atoms with Crippen molar-refractivity contribution >= 4 is 5.69 Å². The molecule has 6 heteroatoms. The van der Waals surface area contributed by atoms with Gasteiger partial charge in [-0.05, 0) is 53.1 Å². The highest BCUT2D eigenvalue weighted by molar-refractivity contribution is 5.52. The zero-order valence-electron chi connectivity index (χ0n) is 22.8. The summed E-state index contributed by atoms with van der Waals surface area (Å²) in [6, 6.07) is 34.6. The van der Waals surface area contributed by atoms with Gasteiger partial charge in [0.05, 0.1) is 40.6 Å². The van der Waals surface area contributed by atoms with E-state index in [4.69, 9.17) is 23.7 Å². The van der Waals surface area contributed by atoms with Gasteiger partial charge in [-0.15, -0.1) is 0 Å². The minimum Gasteiger partial charge on any atom is -0.497 e. The van der Waals surface area contributed by atoms with Crippen LogP contribution in [0.5, 0.6) is 17.2 Å². The number of rotatable bonds is 16. The predicted molar refractivity (Wildman–Crippen MR) is 155 cm³/mol. The van der Waals surface area contributed by atoms with Gasteiger partial charge in [-0.1, -0.05) is 60.7 Å². The van der Waals surface area contributed by atoms with Gasteiger partial charge in [0.15, 0.2) is 0 Å². The summed E-state index contributed by atoms with van der Waals surface area (Å²) in [6.07, 6.45) is 0. The fourth-order valence-corrected chi connectivity index (χ4v) is 4.19. The summed E-state index contributed by atoms with van der Waals surface area (Å²) in [7, 11) is 3.38. The number of methoxy groups -OCH3 is 2. The highest BCUT2D eigenvalue weighted by Gasteiger charge is 2.11. The number of nitrogens with zero attached hydrogens (tertiary/aromatic N) is 1. The quantitative estimate of drug-likeness (QED) is 0.155. The third kappa shape index (κ3) is 9.36. The first-order chi connectivity index (χ1) is 19.2. The molecule has 0 unspecified atom stereocenters. The first kappa shape index (κ1) is 28.0. The minimum absolute atomic E-state index is 0.466. The molecule has 4 aromatic carbocycles. The Morgan fingerprint density at radius 3 is 1.74 bits per heavy atom. The van der Waals surface area contributed by atoms with Crippen LogP contribution in [0.2, 0.25) is 0 Å². The van der Waals surface area contributed by atoms with Crippen molar-refractivity contribution in [2.45, 2.75) is 19.7 Å². The molecule has 0 bridgehead atoms. The summed E-state index contributed by atoms with van der Waals surface area (Å²) in [6.45, 7) is 4.06. The lowest BCUT2D eigenvalue weighted by molar-refractivity contribution is 0.0303. The molecule has 0 aliphatic heterocycles. The topological polar surface area (TPSA) is 49.4 Å². The molecule has 0 spiro atoms. The summed E-state index contributed by atoms with van der Waals surface area (Å²) >= 11 is 0. The average molecular weight is 528 g/mol. The second-order valence-electron chi connectivity index (χ2n) is 9.06. The van der Waals surface area contributed by atoms with Gasteiger partial charge in [0.25, 0.3) is 0 Å². The van der Waals surface area contributed by atoms with Crippen LogP contribution >= 0.6 is 0 Å². The Morgan fingerprint density at radius 1 is 0.513 bits per heavy atom. The Bertz CT molecular complexity index is 1210. The average Bonchev–Trinajstić information content (AvgIpc) is 2.99. The van der Waals surface area contributed by atoms with Crippen LogP contribution in [-0.4, -0.2) is 40.6 Å². The summed E-state index contributed by atoms with van der Waals surface area (Å²) in [5, 5.41) is 0. The maximum absolute atomic E-state index is 6.01. The molecule has 204 valence electrons. The van der Waals surface area contributed by atoms with Crippen molar-refractivity contribution in [3.63, 3.8) is 0 Å². The molecule has 0 amide bonds. The number of anilines is 1. The van der Waals surface area contributed by atoms with Gasteiger partial charge in [0.2, 0.25) is 0 Å². The fraction of sp³-hybridized carbons (Fsp3) is 0.273. The largest absolute Gasteiger partial charge is 0.497 e. The van der Waals surface area contributed by atoms with E-state index in [1.165, 1.54) is 0 Å². The first-order valence-corrected chi connectivity index (χ1v) is 13.2. The van der Waals surface area contributed by atoms with Gasteiger partial charge in [0, 0.05) is 24.8 Å². The molecular formula is C33H37NO5.